The molecule has 3 atom stereocenters. The largest absolute Gasteiger partial charge is 0.314 e. The second-order valence-corrected chi connectivity index (χ2v) is 6.72. The Hall–Kier alpha value is -0.540. The fraction of sp³-hybridized carbons (Fsp3) is 0.824. The SMILES string of the molecule is CCCNC1CCC(Cc2c(Cl)c(CC)nn2CC)C1C. The lowest BCUT2D eigenvalue weighted by atomic mass is 9.91. The summed E-state index contributed by atoms with van der Waals surface area (Å²) in [5.41, 5.74) is 2.31. The molecule has 120 valence electrons. The van der Waals surface area contributed by atoms with Crippen LogP contribution in [-0.2, 0) is 19.4 Å². The summed E-state index contributed by atoms with van der Waals surface area (Å²) in [7, 11) is 0. The van der Waals surface area contributed by atoms with Gasteiger partial charge in [-0.15, -0.1) is 0 Å². The van der Waals surface area contributed by atoms with Crippen LogP contribution in [0.2, 0.25) is 5.02 Å². The van der Waals surface area contributed by atoms with Crippen molar-refractivity contribution in [3.63, 3.8) is 0 Å². The van der Waals surface area contributed by atoms with Gasteiger partial charge in [0.25, 0.3) is 0 Å². The Kier molecular flexibility index (Phi) is 6.12. The molecule has 0 spiro atoms. The van der Waals surface area contributed by atoms with Gasteiger partial charge in [0, 0.05) is 12.6 Å². The topological polar surface area (TPSA) is 29.9 Å². The molecule has 1 saturated carbocycles. The van der Waals surface area contributed by atoms with Gasteiger partial charge in [-0.05, 0) is 57.4 Å². The first-order valence-corrected chi connectivity index (χ1v) is 8.97. The third-order valence-electron chi connectivity index (χ3n) is 5.03. The average molecular weight is 312 g/mol. The van der Waals surface area contributed by atoms with Crippen molar-refractivity contribution < 1.29 is 0 Å². The molecular weight excluding hydrogens is 282 g/mol. The molecule has 3 nitrogen and oxygen atoms in total. The molecule has 0 aromatic carbocycles. The quantitative estimate of drug-likeness (QED) is 0.822. The lowest BCUT2D eigenvalue weighted by molar-refractivity contribution is 0.345. The Morgan fingerprint density at radius 2 is 2.05 bits per heavy atom. The Morgan fingerprint density at radius 1 is 1.29 bits per heavy atom. The van der Waals surface area contributed by atoms with Crippen LogP contribution in [0.3, 0.4) is 0 Å². The molecule has 3 unspecified atom stereocenters. The van der Waals surface area contributed by atoms with E-state index < -0.39 is 0 Å². The number of rotatable bonds is 7. The first-order chi connectivity index (χ1) is 10.1. The van der Waals surface area contributed by atoms with Crippen LogP contribution in [0, 0.1) is 11.8 Å². The van der Waals surface area contributed by atoms with Crippen molar-refractivity contribution in [2.75, 3.05) is 6.54 Å². The number of aryl methyl sites for hydroxylation is 2. The van der Waals surface area contributed by atoms with E-state index in [9.17, 15) is 0 Å². The molecule has 0 saturated heterocycles. The molecule has 1 aliphatic carbocycles. The molecule has 0 radical (unpaired) electrons. The van der Waals surface area contributed by atoms with E-state index in [1.54, 1.807) is 0 Å². The van der Waals surface area contributed by atoms with Gasteiger partial charge in [0.15, 0.2) is 0 Å². The molecular formula is C17H30ClN3. The number of hydrogen-bond acceptors (Lipinski definition) is 2. The molecule has 1 N–H and O–H groups in total. The summed E-state index contributed by atoms with van der Waals surface area (Å²) >= 11 is 6.56. The van der Waals surface area contributed by atoms with Crippen LogP contribution in [0.25, 0.3) is 0 Å². The van der Waals surface area contributed by atoms with E-state index in [1.165, 1.54) is 25.0 Å². The van der Waals surface area contributed by atoms with Crippen molar-refractivity contribution in [3.8, 4) is 0 Å². The Labute approximate surface area is 134 Å². The van der Waals surface area contributed by atoms with Crippen LogP contribution in [0.5, 0.6) is 0 Å². The van der Waals surface area contributed by atoms with E-state index in [-0.39, 0.29) is 0 Å². The highest BCUT2D eigenvalue weighted by molar-refractivity contribution is 6.31. The summed E-state index contributed by atoms with van der Waals surface area (Å²) in [6.07, 6.45) is 5.80. The summed E-state index contributed by atoms with van der Waals surface area (Å²) < 4.78 is 2.11. The maximum absolute atomic E-state index is 6.56. The number of hydrogen-bond donors (Lipinski definition) is 1. The first-order valence-electron chi connectivity index (χ1n) is 8.59. The third kappa shape index (κ3) is 3.62. The van der Waals surface area contributed by atoms with E-state index in [0.29, 0.717) is 6.04 Å². The second-order valence-electron chi connectivity index (χ2n) is 6.34. The van der Waals surface area contributed by atoms with Gasteiger partial charge < -0.3 is 5.32 Å². The molecule has 1 heterocycles. The summed E-state index contributed by atoms with van der Waals surface area (Å²) in [6.45, 7) is 10.9. The number of halogens is 1. The van der Waals surface area contributed by atoms with E-state index in [0.717, 1.165) is 48.5 Å². The van der Waals surface area contributed by atoms with Crippen LogP contribution in [0.4, 0.5) is 0 Å². The van der Waals surface area contributed by atoms with Crippen molar-refractivity contribution in [1.82, 2.24) is 15.1 Å². The van der Waals surface area contributed by atoms with Crippen LogP contribution >= 0.6 is 11.6 Å². The van der Waals surface area contributed by atoms with E-state index in [4.69, 9.17) is 11.6 Å². The van der Waals surface area contributed by atoms with E-state index in [1.807, 2.05) is 0 Å². The molecule has 0 amide bonds. The smallest absolute Gasteiger partial charge is 0.0849 e. The lowest BCUT2D eigenvalue weighted by Crippen LogP contribution is -2.33. The Balaban J connectivity index is 2.07. The van der Waals surface area contributed by atoms with Crippen LogP contribution < -0.4 is 5.32 Å². The third-order valence-corrected chi connectivity index (χ3v) is 5.47. The molecule has 0 bridgehead atoms. The van der Waals surface area contributed by atoms with Crippen molar-refractivity contribution in [1.29, 1.82) is 0 Å². The number of aromatic nitrogens is 2. The fourth-order valence-electron chi connectivity index (χ4n) is 3.61. The van der Waals surface area contributed by atoms with E-state index >= 15 is 0 Å². The fourth-order valence-corrected chi connectivity index (χ4v) is 3.96. The zero-order chi connectivity index (χ0) is 15.4. The average Bonchev–Trinajstić information content (AvgIpc) is 2.99. The zero-order valence-corrected chi connectivity index (χ0v) is 14.7. The van der Waals surface area contributed by atoms with Crippen molar-refractivity contribution in [2.24, 2.45) is 11.8 Å². The minimum atomic E-state index is 0.678. The van der Waals surface area contributed by atoms with Crippen molar-refractivity contribution >= 4 is 11.6 Å². The van der Waals surface area contributed by atoms with Crippen LogP contribution in [0.1, 0.15) is 58.3 Å². The molecule has 1 fully saturated rings. The highest BCUT2D eigenvalue weighted by Gasteiger charge is 2.33. The predicted octanol–water partition coefficient (Wildman–Crippen LogP) is 4.08. The second kappa shape index (κ2) is 7.64. The maximum atomic E-state index is 6.56. The normalized spacial score (nSPS) is 25.7. The van der Waals surface area contributed by atoms with Crippen molar-refractivity contribution in [3.05, 3.63) is 16.4 Å². The molecule has 1 aliphatic rings. The lowest BCUT2D eigenvalue weighted by Gasteiger charge is -2.22. The van der Waals surface area contributed by atoms with Crippen LogP contribution in [0.15, 0.2) is 0 Å². The molecule has 1 aromatic heterocycles. The van der Waals surface area contributed by atoms with Gasteiger partial charge in [-0.3, -0.25) is 4.68 Å². The summed E-state index contributed by atoms with van der Waals surface area (Å²) in [6, 6.07) is 0.678. The molecule has 2 rings (SSSR count). The number of nitrogens with one attached hydrogen (secondary N) is 1. The summed E-state index contributed by atoms with van der Waals surface area (Å²) in [5.74, 6) is 1.45. The predicted molar refractivity (Wildman–Crippen MR) is 90.0 cm³/mol. The highest BCUT2D eigenvalue weighted by Crippen LogP contribution is 2.36. The molecule has 1 aromatic rings. The highest BCUT2D eigenvalue weighted by atomic mass is 35.5. The van der Waals surface area contributed by atoms with Gasteiger partial charge in [-0.25, -0.2) is 0 Å². The molecule has 4 heteroatoms. The molecule has 21 heavy (non-hydrogen) atoms. The van der Waals surface area contributed by atoms with Gasteiger partial charge in [-0.1, -0.05) is 32.4 Å². The van der Waals surface area contributed by atoms with Gasteiger partial charge in [0.1, 0.15) is 0 Å². The first kappa shape index (κ1) is 16.8. The van der Waals surface area contributed by atoms with Gasteiger partial charge in [-0.2, -0.15) is 5.10 Å². The minimum Gasteiger partial charge on any atom is -0.314 e. The van der Waals surface area contributed by atoms with Crippen LogP contribution in [-0.4, -0.2) is 22.4 Å². The number of nitrogens with zero attached hydrogens (tertiary/aromatic N) is 2. The monoisotopic (exact) mass is 311 g/mol. The Morgan fingerprint density at radius 3 is 2.67 bits per heavy atom. The van der Waals surface area contributed by atoms with E-state index in [2.05, 4.69) is 42.8 Å². The maximum Gasteiger partial charge on any atom is 0.0849 e. The summed E-state index contributed by atoms with van der Waals surface area (Å²) in [5, 5.41) is 9.27. The molecule has 0 aliphatic heterocycles. The Bertz CT molecular complexity index is 455. The van der Waals surface area contributed by atoms with Gasteiger partial charge in [0.05, 0.1) is 16.4 Å². The zero-order valence-electron chi connectivity index (χ0n) is 14.0. The summed E-state index contributed by atoms with van der Waals surface area (Å²) in [4.78, 5) is 0. The van der Waals surface area contributed by atoms with Gasteiger partial charge >= 0.3 is 0 Å². The van der Waals surface area contributed by atoms with Gasteiger partial charge in [0.2, 0.25) is 0 Å². The minimum absolute atomic E-state index is 0.678. The standard InChI is InChI=1S/C17H30ClN3/c1-5-10-19-15-9-8-13(12(15)4)11-16-17(18)14(6-2)20-21(16)7-3/h12-13,15,19H,5-11H2,1-4H3. The van der Waals surface area contributed by atoms with Crippen molar-refractivity contribution in [2.45, 2.75) is 72.4 Å².